The first-order valence-electron chi connectivity index (χ1n) is 6.99. The van der Waals surface area contributed by atoms with Crippen molar-refractivity contribution in [1.29, 1.82) is 0 Å². The van der Waals surface area contributed by atoms with Gasteiger partial charge in [0.05, 0.1) is 0 Å². The number of piperidine rings is 1. The fourth-order valence-electron chi connectivity index (χ4n) is 2.45. The average molecular weight is 226 g/mol. The minimum absolute atomic E-state index is 0.591. The second kappa shape index (κ2) is 6.61. The molecular formula is C14H30N2. The Morgan fingerprint density at radius 2 is 1.88 bits per heavy atom. The molecule has 0 bridgehead atoms. The van der Waals surface area contributed by atoms with Crippen molar-refractivity contribution in [3.05, 3.63) is 0 Å². The van der Waals surface area contributed by atoms with Crippen LogP contribution in [0.1, 0.15) is 53.4 Å². The van der Waals surface area contributed by atoms with Gasteiger partial charge in [-0.15, -0.1) is 0 Å². The number of rotatable bonds is 6. The van der Waals surface area contributed by atoms with E-state index in [1.54, 1.807) is 0 Å². The van der Waals surface area contributed by atoms with Crippen LogP contribution < -0.4 is 5.32 Å². The average Bonchev–Trinajstić information content (AvgIpc) is 2.21. The summed E-state index contributed by atoms with van der Waals surface area (Å²) in [7, 11) is 0. The molecule has 1 saturated heterocycles. The molecule has 0 spiro atoms. The van der Waals surface area contributed by atoms with E-state index in [-0.39, 0.29) is 0 Å². The molecule has 1 fully saturated rings. The predicted molar refractivity (Wildman–Crippen MR) is 71.8 cm³/mol. The normalized spacial score (nSPS) is 23.2. The lowest BCUT2D eigenvalue weighted by Crippen LogP contribution is -2.38. The Bertz CT molecular complexity index is 179. The minimum Gasteiger partial charge on any atom is -0.315 e. The molecule has 1 rings (SSSR count). The van der Waals surface area contributed by atoms with Crippen molar-refractivity contribution in [2.45, 2.75) is 59.4 Å². The van der Waals surface area contributed by atoms with Crippen LogP contribution in [0.25, 0.3) is 0 Å². The van der Waals surface area contributed by atoms with Gasteiger partial charge in [-0.1, -0.05) is 20.8 Å². The second-order valence-electron chi connectivity index (χ2n) is 6.11. The van der Waals surface area contributed by atoms with Gasteiger partial charge in [-0.3, -0.25) is 0 Å². The van der Waals surface area contributed by atoms with E-state index in [0.29, 0.717) is 11.5 Å². The van der Waals surface area contributed by atoms with Crippen LogP contribution >= 0.6 is 0 Å². The zero-order valence-corrected chi connectivity index (χ0v) is 11.7. The van der Waals surface area contributed by atoms with Crippen molar-refractivity contribution in [2.24, 2.45) is 5.41 Å². The summed E-state index contributed by atoms with van der Waals surface area (Å²) < 4.78 is 0. The molecule has 0 aromatic rings. The molecule has 1 aliphatic heterocycles. The van der Waals surface area contributed by atoms with Crippen LogP contribution in [0.2, 0.25) is 0 Å². The van der Waals surface area contributed by atoms with Crippen LogP contribution in [0.4, 0.5) is 0 Å². The summed E-state index contributed by atoms with van der Waals surface area (Å²) in [6, 6.07) is 0.686. The van der Waals surface area contributed by atoms with Crippen LogP contribution in [0.15, 0.2) is 0 Å². The Hall–Kier alpha value is -0.0800. The SMILES string of the molecule is CCNC(C)CCCN1CCC(C)(C)CC1. The minimum atomic E-state index is 0.591. The zero-order valence-electron chi connectivity index (χ0n) is 11.7. The molecule has 2 heteroatoms. The van der Waals surface area contributed by atoms with Crippen LogP contribution in [-0.2, 0) is 0 Å². The number of hydrogen-bond acceptors (Lipinski definition) is 2. The highest BCUT2D eigenvalue weighted by atomic mass is 15.1. The fourth-order valence-corrected chi connectivity index (χ4v) is 2.45. The summed E-state index contributed by atoms with van der Waals surface area (Å²) in [4.78, 5) is 2.64. The Balaban J connectivity index is 2.06. The van der Waals surface area contributed by atoms with Crippen LogP contribution in [0.3, 0.4) is 0 Å². The molecule has 1 aliphatic rings. The molecule has 1 unspecified atom stereocenters. The van der Waals surface area contributed by atoms with Gasteiger partial charge < -0.3 is 10.2 Å². The second-order valence-corrected chi connectivity index (χ2v) is 6.11. The molecule has 0 radical (unpaired) electrons. The van der Waals surface area contributed by atoms with E-state index in [1.165, 1.54) is 45.3 Å². The molecule has 16 heavy (non-hydrogen) atoms. The first-order chi connectivity index (χ1) is 7.53. The fraction of sp³-hybridized carbons (Fsp3) is 1.00. The van der Waals surface area contributed by atoms with Gasteiger partial charge in [0.25, 0.3) is 0 Å². The van der Waals surface area contributed by atoms with Gasteiger partial charge in [0.15, 0.2) is 0 Å². The van der Waals surface area contributed by atoms with Crippen molar-refractivity contribution in [3.8, 4) is 0 Å². The van der Waals surface area contributed by atoms with Gasteiger partial charge >= 0.3 is 0 Å². The van der Waals surface area contributed by atoms with Crippen molar-refractivity contribution in [2.75, 3.05) is 26.2 Å². The van der Waals surface area contributed by atoms with Gasteiger partial charge in [-0.05, 0) is 64.2 Å². The van der Waals surface area contributed by atoms with Gasteiger partial charge in [0.1, 0.15) is 0 Å². The molecule has 0 saturated carbocycles. The van der Waals surface area contributed by atoms with E-state index in [0.717, 1.165) is 6.54 Å². The summed E-state index contributed by atoms with van der Waals surface area (Å²) in [6.45, 7) is 14.3. The Morgan fingerprint density at radius 3 is 2.44 bits per heavy atom. The molecule has 0 aromatic carbocycles. The first-order valence-corrected chi connectivity index (χ1v) is 6.99. The van der Waals surface area contributed by atoms with Gasteiger partial charge in [0.2, 0.25) is 0 Å². The smallest absolute Gasteiger partial charge is 0.00390 e. The summed E-state index contributed by atoms with van der Waals surface area (Å²) in [5.74, 6) is 0. The van der Waals surface area contributed by atoms with E-state index in [1.807, 2.05) is 0 Å². The lowest BCUT2D eigenvalue weighted by Gasteiger charge is -2.37. The molecule has 2 nitrogen and oxygen atoms in total. The van der Waals surface area contributed by atoms with E-state index in [4.69, 9.17) is 0 Å². The third-order valence-corrected chi connectivity index (χ3v) is 3.87. The topological polar surface area (TPSA) is 15.3 Å². The maximum absolute atomic E-state index is 3.48. The van der Waals surface area contributed by atoms with E-state index < -0.39 is 0 Å². The van der Waals surface area contributed by atoms with E-state index in [2.05, 4.69) is 37.9 Å². The molecule has 0 aliphatic carbocycles. The van der Waals surface area contributed by atoms with Crippen molar-refractivity contribution in [1.82, 2.24) is 10.2 Å². The third-order valence-electron chi connectivity index (χ3n) is 3.87. The number of nitrogens with zero attached hydrogens (tertiary/aromatic N) is 1. The quantitative estimate of drug-likeness (QED) is 0.749. The molecule has 1 heterocycles. The van der Waals surface area contributed by atoms with Crippen molar-refractivity contribution < 1.29 is 0 Å². The Morgan fingerprint density at radius 1 is 1.25 bits per heavy atom. The summed E-state index contributed by atoms with van der Waals surface area (Å²) >= 11 is 0. The largest absolute Gasteiger partial charge is 0.315 e. The zero-order chi connectivity index (χ0) is 12.0. The molecule has 0 amide bonds. The maximum atomic E-state index is 3.48. The lowest BCUT2D eigenvalue weighted by molar-refractivity contribution is 0.130. The highest BCUT2D eigenvalue weighted by molar-refractivity contribution is 4.78. The number of likely N-dealkylation sites (tertiary alicyclic amines) is 1. The Kier molecular flexibility index (Phi) is 5.77. The lowest BCUT2D eigenvalue weighted by atomic mass is 9.82. The third kappa shape index (κ3) is 5.31. The Labute approximate surface area is 102 Å². The van der Waals surface area contributed by atoms with Crippen LogP contribution in [0.5, 0.6) is 0 Å². The molecular weight excluding hydrogens is 196 g/mol. The van der Waals surface area contributed by atoms with Crippen molar-refractivity contribution >= 4 is 0 Å². The molecule has 0 aromatic heterocycles. The van der Waals surface area contributed by atoms with E-state index >= 15 is 0 Å². The molecule has 96 valence electrons. The molecule has 1 atom stereocenters. The first kappa shape index (κ1) is 14.0. The number of hydrogen-bond donors (Lipinski definition) is 1. The molecule has 1 N–H and O–H groups in total. The highest BCUT2D eigenvalue weighted by Gasteiger charge is 2.24. The summed E-state index contributed by atoms with van der Waals surface area (Å²) in [6.07, 6.45) is 5.40. The van der Waals surface area contributed by atoms with E-state index in [9.17, 15) is 0 Å². The summed E-state index contributed by atoms with van der Waals surface area (Å²) in [5.41, 5.74) is 0.591. The monoisotopic (exact) mass is 226 g/mol. The van der Waals surface area contributed by atoms with Gasteiger partial charge in [-0.2, -0.15) is 0 Å². The predicted octanol–water partition coefficient (Wildman–Crippen LogP) is 2.89. The van der Waals surface area contributed by atoms with Crippen molar-refractivity contribution in [3.63, 3.8) is 0 Å². The number of nitrogens with one attached hydrogen (secondary N) is 1. The van der Waals surface area contributed by atoms with Gasteiger partial charge in [0, 0.05) is 6.04 Å². The highest BCUT2D eigenvalue weighted by Crippen LogP contribution is 2.29. The standard InChI is InChI=1S/C14H30N2/c1-5-15-13(2)7-6-10-16-11-8-14(3,4)9-12-16/h13,15H,5-12H2,1-4H3. The van der Waals surface area contributed by atoms with Crippen LogP contribution in [0, 0.1) is 5.41 Å². The maximum Gasteiger partial charge on any atom is 0.00390 e. The van der Waals surface area contributed by atoms with Gasteiger partial charge in [-0.25, -0.2) is 0 Å². The summed E-state index contributed by atoms with van der Waals surface area (Å²) in [5, 5.41) is 3.48. The van der Waals surface area contributed by atoms with Crippen LogP contribution in [-0.4, -0.2) is 37.1 Å².